The Kier molecular flexibility index (Phi) is 8.54. The summed E-state index contributed by atoms with van der Waals surface area (Å²) in [6, 6.07) is 17.0. The molecule has 2 aromatic rings. The molecule has 0 unspecified atom stereocenters. The summed E-state index contributed by atoms with van der Waals surface area (Å²) in [4.78, 5) is 2.35. The Morgan fingerprint density at radius 1 is 0.769 bits per heavy atom. The van der Waals surface area contributed by atoms with E-state index in [0.29, 0.717) is 0 Å². The molecule has 2 nitrogen and oxygen atoms in total. The van der Waals surface area contributed by atoms with Crippen molar-refractivity contribution in [3.05, 3.63) is 71.8 Å². The lowest BCUT2D eigenvalue weighted by Crippen LogP contribution is -2.21. The van der Waals surface area contributed by atoms with Crippen molar-refractivity contribution in [1.29, 1.82) is 0 Å². The summed E-state index contributed by atoms with van der Waals surface area (Å²) < 4.78 is 5.69. The van der Waals surface area contributed by atoms with Crippen LogP contribution in [0.3, 0.4) is 0 Å². The maximum absolute atomic E-state index is 5.69. The van der Waals surface area contributed by atoms with E-state index in [2.05, 4.69) is 86.4 Å². The molecule has 0 amide bonds. The zero-order valence-electron chi connectivity index (χ0n) is 16.3. The minimum absolute atomic E-state index is 0.793. The van der Waals surface area contributed by atoms with Gasteiger partial charge in [0.1, 0.15) is 5.75 Å². The van der Waals surface area contributed by atoms with Gasteiger partial charge in [-0.15, -0.1) is 0 Å². The average Bonchev–Trinajstić information content (AvgIpc) is 2.68. The number of benzene rings is 2. The molecule has 0 N–H and O–H groups in total. The lowest BCUT2D eigenvalue weighted by molar-refractivity contribution is 0.309. The normalized spacial score (nSPS) is 11.3. The van der Waals surface area contributed by atoms with Crippen molar-refractivity contribution in [1.82, 2.24) is 0 Å². The van der Waals surface area contributed by atoms with Gasteiger partial charge < -0.3 is 9.64 Å². The van der Waals surface area contributed by atoms with Crippen molar-refractivity contribution in [3.8, 4) is 5.75 Å². The van der Waals surface area contributed by atoms with Gasteiger partial charge >= 0.3 is 0 Å². The summed E-state index contributed by atoms with van der Waals surface area (Å²) in [5.41, 5.74) is 3.67. The van der Waals surface area contributed by atoms with E-state index < -0.39 is 0 Å². The van der Waals surface area contributed by atoms with Gasteiger partial charge in [-0.25, -0.2) is 0 Å². The number of nitrogens with zero attached hydrogens (tertiary/aromatic N) is 1. The highest BCUT2D eigenvalue weighted by atomic mass is 16.5. The van der Waals surface area contributed by atoms with Crippen molar-refractivity contribution in [2.24, 2.45) is 0 Å². The molecular formula is C24H31NO. The molecule has 0 spiro atoms. The van der Waals surface area contributed by atoms with Crippen molar-refractivity contribution in [3.63, 3.8) is 0 Å². The fraction of sp³-hybridized carbons (Fsp3) is 0.333. The molecule has 0 bridgehead atoms. The van der Waals surface area contributed by atoms with Crippen molar-refractivity contribution in [2.45, 2.75) is 33.6 Å². The molecule has 0 aliphatic heterocycles. The van der Waals surface area contributed by atoms with Crippen LogP contribution in [0, 0.1) is 0 Å². The van der Waals surface area contributed by atoms with E-state index in [1.807, 2.05) is 12.1 Å². The van der Waals surface area contributed by atoms with E-state index in [1.54, 1.807) is 0 Å². The summed E-state index contributed by atoms with van der Waals surface area (Å²) in [5.74, 6) is 0.944. The highest BCUT2D eigenvalue weighted by Gasteiger charge is 1.99. The van der Waals surface area contributed by atoms with Crippen molar-refractivity contribution < 1.29 is 4.74 Å². The summed E-state index contributed by atoms with van der Waals surface area (Å²) >= 11 is 0. The molecule has 0 heterocycles. The zero-order valence-corrected chi connectivity index (χ0v) is 16.3. The Morgan fingerprint density at radius 3 is 1.81 bits per heavy atom. The lowest BCUT2D eigenvalue weighted by Gasteiger charge is -2.20. The third-order valence-electron chi connectivity index (χ3n) is 4.36. The predicted octanol–water partition coefficient (Wildman–Crippen LogP) is 6.44. The second-order valence-electron chi connectivity index (χ2n) is 6.25. The van der Waals surface area contributed by atoms with Gasteiger partial charge in [-0.05, 0) is 55.7 Å². The smallest absolute Gasteiger partial charge is 0.119 e. The summed E-state index contributed by atoms with van der Waals surface area (Å²) in [7, 11) is 0. The number of hydrogen-bond acceptors (Lipinski definition) is 2. The van der Waals surface area contributed by atoms with Gasteiger partial charge in [-0.2, -0.15) is 0 Å². The van der Waals surface area contributed by atoms with Crippen molar-refractivity contribution in [2.75, 3.05) is 24.6 Å². The Balaban J connectivity index is 1.87. The number of rotatable bonds is 10. The second-order valence-corrected chi connectivity index (χ2v) is 6.25. The minimum Gasteiger partial charge on any atom is -0.494 e. The zero-order chi connectivity index (χ0) is 18.6. The maximum atomic E-state index is 5.69. The lowest BCUT2D eigenvalue weighted by atomic mass is 10.1. The van der Waals surface area contributed by atoms with E-state index in [0.717, 1.165) is 38.3 Å². The highest BCUT2D eigenvalue weighted by Crippen LogP contribution is 2.16. The van der Waals surface area contributed by atoms with Gasteiger partial charge in [0.15, 0.2) is 0 Å². The fourth-order valence-corrected chi connectivity index (χ4v) is 2.73. The van der Waals surface area contributed by atoms with Crippen LogP contribution in [0.25, 0.3) is 12.2 Å². The monoisotopic (exact) mass is 349 g/mol. The van der Waals surface area contributed by atoms with Crippen LogP contribution in [0.5, 0.6) is 5.75 Å². The van der Waals surface area contributed by atoms with Crippen LogP contribution in [-0.2, 0) is 0 Å². The Bertz CT molecular complexity index is 679. The van der Waals surface area contributed by atoms with E-state index in [9.17, 15) is 0 Å². The number of hydrogen-bond donors (Lipinski definition) is 0. The molecule has 0 atom stereocenters. The minimum atomic E-state index is 0.793. The van der Waals surface area contributed by atoms with E-state index in [4.69, 9.17) is 4.74 Å². The molecule has 0 saturated heterocycles. The Morgan fingerprint density at radius 2 is 1.31 bits per heavy atom. The van der Waals surface area contributed by atoms with Crippen LogP contribution in [-0.4, -0.2) is 19.7 Å². The van der Waals surface area contributed by atoms with Crippen LogP contribution >= 0.6 is 0 Å². The van der Waals surface area contributed by atoms with E-state index in [-0.39, 0.29) is 0 Å². The highest BCUT2D eigenvalue weighted by molar-refractivity contribution is 5.60. The second kappa shape index (κ2) is 11.2. The SMILES string of the molecule is CCCCOc1ccc(C=CC=Cc2ccc(N(CC)CC)cc2)cc1. The first-order valence-corrected chi connectivity index (χ1v) is 9.69. The quantitative estimate of drug-likeness (QED) is 0.361. The largest absolute Gasteiger partial charge is 0.494 e. The van der Waals surface area contributed by atoms with E-state index in [1.165, 1.54) is 16.8 Å². The molecular weight excluding hydrogens is 318 g/mol. The van der Waals surface area contributed by atoms with Crippen LogP contribution < -0.4 is 9.64 Å². The van der Waals surface area contributed by atoms with Crippen LogP contribution in [0.15, 0.2) is 60.7 Å². The summed E-state index contributed by atoms with van der Waals surface area (Å²) in [6.45, 7) is 9.41. The van der Waals surface area contributed by atoms with Crippen LogP contribution in [0.2, 0.25) is 0 Å². The molecule has 2 aromatic carbocycles. The number of anilines is 1. The molecule has 26 heavy (non-hydrogen) atoms. The number of allylic oxidation sites excluding steroid dienone is 2. The summed E-state index contributed by atoms with van der Waals surface area (Å²) in [6.07, 6.45) is 10.7. The van der Waals surface area contributed by atoms with Crippen molar-refractivity contribution >= 4 is 17.8 Å². The average molecular weight is 350 g/mol. The predicted molar refractivity (Wildman–Crippen MR) is 115 cm³/mol. The molecule has 0 radical (unpaired) electrons. The molecule has 0 aliphatic rings. The molecule has 2 rings (SSSR count). The maximum Gasteiger partial charge on any atom is 0.119 e. The van der Waals surface area contributed by atoms with Gasteiger partial charge in [-0.1, -0.05) is 61.9 Å². The molecule has 138 valence electrons. The Hall–Kier alpha value is -2.48. The third kappa shape index (κ3) is 6.44. The molecule has 0 aromatic heterocycles. The summed E-state index contributed by atoms with van der Waals surface area (Å²) in [5, 5.41) is 0. The first-order valence-electron chi connectivity index (χ1n) is 9.69. The molecule has 0 fully saturated rings. The topological polar surface area (TPSA) is 12.5 Å². The number of unbranched alkanes of at least 4 members (excludes halogenated alkanes) is 1. The van der Waals surface area contributed by atoms with Gasteiger partial charge in [0.05, 0.1) is 6.61 Å². The first kappa shape index (κ1) is 19.8. The van der Waals surface area contributed by atoms with Gasteiger partial charge in [0.25, 0.3) is 0 Å². The first-order chi connectivity index (χ1) is 12.8. The van der Waals surface area contributed by atoms with Crippen LogP contribution in [0.1, 0.15) is 44.7 Å². The molecule has 0 saturated carbocycles. The van der Waals surface area contributed by atoms with Gasteiger partial charge in [0, 0.05) is 18.8 Å². The molecule has 2 heteroatoms. The van der Waals surface area contributed by atoms with Crippen LogP contribution in [0.4, 0.5) is 5.69 Å². The van der Waals surface area contributed by atoms with Gasteiger partial charge in [0.2, 0.25) is 0 Å². The third-order valence-corrected chi connectivity index (χ3v) is 4.36. The van der Waals surface area contributed by atoms with E-state index >= 15 is 0 Å². The molecule has 0 aliphatic carbocycles. The number of ether oxygens (including phenoxy) is 1. The Labute approximate surface area is 158 Å². The fourth-order valence-electron chi connectivity index (χ4n) is 2.73. The standard InChI is InChI=1S/C24H31NO/c1-4-7-20-26-24-18-14-22(15-19-24)11-9-8-10-21-12-16-23(17-13-21)25(5-2)6-3/h8-19H,4-7,20H2,1-3H3. The van der Waals surface area contributed by atoms with Gasteiger partial charge in [-0.3, -0.25) is 0 Å².